The number of carbonyl (C=O) groups excluding carboxylic acids is 1. The van der Waals surface area contributed by atoms with Crippen molar-refractivity contribution in [1.82, 2.24) is 10.3 Å². The fourth-order valence-electron chi connectivity index (χ4n) is 1.19. The van der Waals surface area contributed by atoms with E-state index in [0.717, 1.165) is 5.56 Å². The summed E-state index contributed by atoms with van der Waals surface area (Å²) in [4.78, 5) is 15.5. The Morgan fingerprint density at radius 3 is 2.75 bits per heavy atom. The van der Waals surface area contributed by atoms with Crippen LogP contribution in [0.15, 0.2) is 18.3 Å². The molecule has 0 saturated heterocycles. The molecule has 0 aliphatic heterocycles. The maximum absolute atomic E-state index is 12.6. The SMILES string of the molecule is CC(C)(C)C(=O)NCc1cccnc1CF. The normalized spacial score (nSPS) is 11.2. The third kappa shape index (κ3) is 3.29. The molecular formula is C12H17FN2O. The first-order chi connectivity index (χ1) is 7.45. The van der Waals surface area contributed by atoms with Gasteiger partial charge in [0.05, 0.1) is 5.69 Å². The van der Waals surface area contributed by atoms with Crippen LogP contribution < -0.4 is 5.32 Å². The molecule has 0 aliphatic carbocycles. The molecule has 1 aromatic rings. The van der Waals surface area contributed by atoms with Crippen molar-refractivity contribution >= 4 is 5.91 Å². The average Bonchev–Trinajstić information content (AvgIpc) is 2.24. The average molecular weight is 224 g/mol. The van der Waals surface area contributed by atoms with Crippen molar-refractivity contribution in [2.45, 2.75) is 34.0 Å². The lowest BCUT2D eigenvalue weighted by atomic mass is 9.95. The van der Waals surface area contributed by atoms with Crippen molar-refractivity contribution in [3.05, 3.63) is 29.6 Å². The molecule has 88 valence electrons. The Hall–Kier alpha value is -1.45. The van der Waals surface area contributed by atoms with Crippen molar-refractivity contribution in [2.24, 2.45) is 5.41 Å². The molecular weight excluding hydrogens is 207 g/mol. The van der Waals surface area contributed by atoms with E-state index in [2.05, 4.69) is 10.3 Å². The monoisotopic (exact) mass is 224 g/mol. The minimum Gasteiger partial charge on any atom is -0.352 e. The van der Waals surface area contributed by atoms with Crippen molar-refractivity contribution in [3.8, 4) is 0 Å². The summed E-state index contributed by atoms with van der Waals surface area (Å²) in [6, 6.07) is 3.50. The van der Waals surface area contributed by atoms with Crippen molar-refractivity contribution in [1.29, 1.82) is 0 Å². The summed E-state index contributed by atoms with van der Waals surface area (Å²) in [5.41, 5.74) is 0.678. The molecule has 0 fully saturated rings. The fraction of sp³-hybridized carbons (Fsp3) is 0.500. The van der Waals surface area contributed by atoms with E-state index in [0.29, 0.717) is 12.2 Å². The minimum atomic E-state index is -0.610. The maximum atomic E-state index is 12.6. The van der Waals surface area contributed by atoms with E-state index < -0.39 is 12.1 Å². The highest BCUT2D eigenvalue weighted by molar-refractivity contribution is 5.81. The molecule has 1 aromatic heterocycles. The number of aromatic nitrogens is 1. The molecule has 0 unspecified atom stereocenters. The minimum absolute atomic E-state index is 0.0545. The molecule has 1 rings (SSSR count). The number of rotatable bonds is 3. The zero-order chi connectivity index (χ0) is 12.2. The summed E-state index contributed by atoms with van der Waals surface area (Å²) in [6.07, 6.45) is 1.55. The van der Waals surface area contributed by atoms with Gasteiger partial charge in [0.15, 0.2) is 0 Å². The van der Waals surface area contributed by atoms with Gasteiger partial charge in [0, 0.05) is 18.2 Å². The quantitative estimate of drug-likeness (QED) is 0.855. The molecule has 1 N–H and O–H groups in total. The maximum Gasteiger partial charge on any atom is 0.225 e. The van der Waals surface area contributed by atoms with Crippen LogP contribution in [-0.4, -0.2) is 10.9 Å². The van der Waals surface area contributed by atoms with Crippen molar-refractivity contribution in [3.63, 3.8) is 0 Å². The Labute approximate surface area is 95.1 Å². The standard InChI is InChI=1S/C12H17FN2O/c1-12(2,3)11(16)15-8-9-5-4-6-14-10(9)7-13/h4-6H,7-8H2,1-3H3,(H,15,16). The van der Waals surface area contributed by atoms with Gasteiger partial charge in [-0.1, -0.05) is 26.8 Å². The number of hydrogen-bond acceptors (Lipinski definition) is 2. The Morgan fingerprint density at radius 1 is 1.50 bits per heavy atom. The summed E-state index contributed by atoms with van der Waals surface area (Å²) in [7, 11) is 0. The number of amides is 1. The number of carbonyl (C=O) groups is 1. The molecule has 3 nitrogen and oxygen atoms in total. The molecule has 0 aromatic carbocycles. The third-order valence-electron chi connectivity index (χ3n) is 2.23. The predicted octanol–water partition coefficient (Wildman–Crippen LogP) is 2.21. The molecule has 0 spiro atoms. The Bertz CT molecular complexity index is 372. The van der Waals surface area contributed by atoms with Crippen LogP contribution in [0.3, 0.4) is 0 Å². The largest absolute Gasteiger partial charge is 0.352 e. The van der Waals surface area contributed by atoms with Gasteiger partial charge < -0.3 is 5.32 Å². The number of hydrogen-bond donors (Lipinski definition) is 1. The Kier molecular flexibility index (Phi) is 3.99. The van der Waals surface area contributed by atoms with Crippen molar-refractivity contribution < 1.29 is 9.18 Å². The topological polar surface area (TPSA) is 42.0 Å². The second-order valence-corrected chi connectivity index (χ2v) is 4.68. The van der Waals surface area contributed by atoms with Gasteiger partial charge in [0.1, 0.15) is 6.67 Å². The van der Waals surface area contributed by atoms with E-state index in [9.17, 15) is 9.18 Å². The highest BCUT2D eigenvalue weighted by Gasteiger charge is 2.20. The molecule has 0 atom stereocenters. The van der Waals surface area contributed by atoms with E-state index in [1.807, 2.05) is 20.8 Å². The number of halogens is 1. The van der Waals surface area contributed by atoms with Gasteiger partial charge in [-0.15, -0.1) is 0 Å². The van der Waals surface area contributed by atoms with Gasteiger partial charge >= 0.3 is 0 Å². The first-order valence-electron chi connectivity index (χ1n) is 5.22. The van der Waals surface area contributed by atoms with Gasteiger partial charge in [-0.25, -0.2) is 4.39 Å². The van der Waals surface area contributed by atoms with Gasteiger partial charge in [0.2, 0.25) is 5.91 Å². The zero-order valence-electron chi connectivity index (χ0n) is 9.88. The van der Waals surface area contributed by atoms with E-state index in [1.54, 1.807) is 18.3 Å². The van der Waals surface area contributed by atoms with Crippen LogP contribution in [0, 0.1) is 5.41 Å². The van der Waals surface area contributed by atoms with Crippen LogP contribution in [-0.2, 0) is 18.0 Å². The third-order valence-corrected chi connectivity index (χ3v) is 2.23. The van der Waals surface area contributed by atoms with Gasteiger partial charge in [-0.3, -0.25) is 9.78 Å². The van der Waals surface area contributed by atoms with Crippen LogP contribution in [0.4, 0.5) is 4.39 Å². The summed E-state index contributed by atoms with van der Waals surface area (Å²) < 4.78 is 12.6. The Morgan fingerprint density at radius 2 is 2.19 bits per heavy atom. The molecule has 0 saturated carbocycles. The van der Waals surface area contributed by atoms with Crippen LogP contribution in [0.2, 0.25) is 0 Å². The Balaban J connectivity index is 2.65. The number of nitrogens with one attached hydrogen (secondary N) is 1. The summed E-state index contributed by atoms with van der Waals surface area (Å²) >= 11 is 0. The smallest absolute Gasteiger partial charge is 0.225 e. The van der Waals surface area contributed by atoms with Crippen LogP contribution in [0.25, 0.3) is 0 Å². The molecule has 16 heavy (non-hydrogen) atoms. The molecule has 4 heteroatoms. The zero-order valence-corrected chi connectivity index (χ0v) is 9.88. The van der Waals surface area contributed by atoms with Crippen LogP contribution in [0.1, 0.15) is 32.0 Å². The van der Waals surface area contributed by atoms with E-state index in [4.69, 9.17) is 0 Å². The predicted molar refractivity (Wildman–Crippen MR) is 60.4 cm³/mol. The van der Waals surface area contributed by atoms with Gasteiger partial charge in [-0.05, 0) is 11.6 Å². The van der Waals surface area contributed by atoms with Gasteiger partial charge in [0.25, 0.3) is 0 Å². The highest BCUT2D eigenvalue weighted by atomic mass is 19.1. The first kappa shape index (κ1) is 12.6. The number of alkyl halides is 1. The number of nitrogens with zero attached hydrogens (tertiary/aromatic N) is 1. The van der Waals surface area contributed by atoms with Crippen molar-refractivity contribution in [2.75, 3.05) is 0 Å². The van der Waals surface area contributed by atoms with E-state index in [-0.39, 0.29) is 5.91 Å². The lowest BCUT2D eigenvalue weighted by molar-refractivity contribution is -0.128. The first-order valence-corrected chi connectivity index (χ1v) is 5.22. The molecule has 1 amide bonds. The highest BCUT2D eigenvalue weighted by Crippen LogP contribution is 2.13. The van der Waals surface area contributed by atoms with E-state index >= 15 is 0 Å². The second-order valence-electron chi connectivity index (χ2n) is 4.68. The lowest BCUT2D eigenvalue weighted by Crippen LogP contribution is -2.34. The second kappa shape index (κ2) is 5.05. The molecule has 0 bridgehead atoms. The van der Waals surface area contributed by atoms with Crippen LogP contribution in [0.5, 0.6) is 0 Å². The molecule has 1 heterocycles. The fourth-order valence-corrected chi connectivity index (χ4v) is 1.19. The number of pyridine rings is 1. The lowest BCUT2D eigenvalue weighted by Gasteiger charge is -2.18. The molecule has 0 radical (unpaired) electrons. The van der Waals surface area contributed by atoms with Gasteiger partial charge in [-0.2, -0.15) is 0 Å². The summed E-state index contributed by atoms with van der Waals surface area (Å²) in [5.74, 6) is -0.0545. The van der Waals surface area contributed by atoms with Crippen LogP contribution >= 0.6 is 0 Å². The summed E-state index contributed by atoms with van der Waals surface area (Å²) in [5, 5.41) is 2.77. The van der Waals surface area contributed by atoms with E-state index in [1.165, 1.54) is 0 Å². The molecule has 0 aliphatic rings. The summed E-state index contributed by atoms with van der Waals surface area (Å²) in [6.45, 7) is 5.22.